The first-order valence-corrected chi connectivity index (χ1v) is 4.53. The fourth-order valence-corrected chi connectivity index (χ4v) is 1.24. The lowest BCUT2D eigenvalue weighted by molar-refractivity contribution is -0.138. The molecule has 1 unspecified atom stereocenters. The number of hydrogen-bond donors (Lipinski definition) is 3. The number of aromatic carboxylic acids is 1. The first kappa shape index (κ1) is 13.0. The Morgan fingerprint density at radius 3 is 2.29 bits per heavy atom. The van der Waals surface area contributed by atoms with E-state index in [4.69, 9.17) is 15.9 Å². The molecule has 0 bridgehead atoms. The van der Waals surface area contributed by atoms with E-state index in [1.807, 2.05) is 0 Å². The molecule has 1 atom stereocenters. The van der Waals surface area contributed by atoms with Crippen molar-refractivity contribution in [3.8, 4) is 0 Å². The quantitative estimate of drug-likeness (QED) is 0.721. The Kier molecular flexibility index (Phi) is 3.74. The molecule has 1 aromatic rings. The van der Waals surface area contributed by atoms with Crippen LogP contribution in [0.4, 0.5) is 8.78 Å². The number of carbonyl (C=O) groups is 2. The highest BCUT2D eigenvalue weighted by molar-refractivity contribution is 5.88. The van der Waals surface area contributed by atoms with Crippen LogP contribution in [0.25, 0.3) is 0 Å². The average Bonchev–Trinajstić information content (AvgIpc) is 2.24. The summed E-state index contributed by atoms with van der Waals surface area (Å²) in [4.78, 5) is 20.9. The van der Waals surface area contributed by atoms with Gasteiger partial charge in [-0.3, -0.25) is 4.79 Å². The van der Waals surface area contributed by atoms with Gasteiger partial charge >= 0.3 is 11.9 Å². The molecule has 4 N–H and O–H groups in total. The number of rotatable bonds is 4. The molecule has 1 rings (SSSR count). The number of hydrogen-bond acceptors (Lipinski definition) is 3. The summed E-state index contributed by atoms with van der Waals surface area (Å²) >= 11 is 0. The molecule has 5 nitrogen and oxygen atoms in total. The lowest BCUT2D eigenvalue weighted by Crippen LogP contribution is -2.32. The minimum absolute atomic E-state index is 0.276. The van der Waals surface area contributed by atoms with Gasteiger partial charge in [-0.1, -0.05) is 6.07 Å². The largest absolute Gasteiger partial charge is 0.480 e. The smallest absolute Gasteiger partial charge is 0.338 e. The van der Waals surface area contributed by atoms with Gasteiger partial charge in [0.2, 0.25) is 0 Å². The first-order valence-electron chi connectivity index (χ1n) is 4.53. The molecule has 0 fully saturated rings. The molecule has 17 heavy (non-hydrogen) atoms. The third-order valence-corrected chi connectivity index (χ3v) is 2.15. The van der Waals surface area contributed by atoms with Gasteiger partial charge in [-0.2, -0.15) is 0 Å². The molecule has 0 amide bonds. The highest BCUT2D eigenvalue weighted by atomic mass is 19.2. The molecule has 0 aliphatic heterocycles. The minimum atomic E-state index is -1.60. The summed E-state index contributed by atoms with van der Waals surface area (Å²) in [6.45, 7) is 0. The first-order chi connectivity index (χ1) is 7.84. The fraction of sp³-hybridized carbons (Fsp3) is 0.200. The Labute approximate surface area is 94.5 Å². The van der Waals surface area contributed by atoms with Crippen molar-refractivity contribution < 1.29 is 28.6 Å². The zero-order chi connectivity index (χ0) is 13.2. The predicted octanol–water partition coefficient (Wildman–Crippen LogP) is 0.617. The summed E-state index contributed by atoms with van der Waals surface area (Å²) in [7, 11) is 0. The van der Waals surface area contributed by atoms with Gasteiger partial charge < -0.3 is 15.9 Å². The molecule has 0 heterocycles. The average molecular weight is 245 g/mol. The maximum atomic E-state index is 13.4. The van der Waals surface area contributed by atoms with Crippen LogP contribution in [-0.4, -0.2) is 28.2 Å². The van der Waals surface area contributed by atoms with Crippen LogP contribution in [0, 0.1) is 11.6 Å². The summed E-state index contributed by atoms with van der Waals surface area (Å²) in [5.41, 5.74) is 4.07. The minimum Gasteiger partial charge on any atom is -0.480 e. The summed E-state index contributed by atoms with van der Waals surface area (Å²) in [5, 5.41) is 17.0. The molecule has 0 saturated heterocycles. The maximum Gasteiger partial charge on any atom is 0.338 e. The van der Waals surface area contributed by atoms with Crippen LogP contribution in [0.15, 0.2) is 12.1 Å². The van der Waals surface area contributed by atoms with E-state index in [1.54, 1.807) is 0 Å². The van der Waals surface area contributed by atoms with Gasteiger partial charge in [-0.05, 0) is 11.6 Å². The second kappa shape index (κ2) is 4.88. The number of aliphatic carboxylic acids is 1. The Balaban J connectivity index is 3.09. The van der Waals surface area contributed by atoms with Crippen LogP contribution in [0.2, 0.25) is 0 Å². The topological polar surface area (TPSA) is 101 Å². The van der Waals surface area contributed by atoms with Crippen molar-refractivity contribution in [3.63, 3.8) is 0 Å². The van der Waals surface area contributed by atoms with Gasteiger partial charge in [-0.25, -0.2) is 13.6 Å². The molecule has 0 aliphatic carbocycles. The lowest BCUT2D eigenvalue weighted by Gasteiger charge is -2.09. The van der Waals surface area contributed by atoms with Crippen molar-refractivity contribution in [3.05, 3.63) is 34.9 Å². The molecule has 1 aromatic carbocycles. The van der Waals surface area contributed by atoms with Gasteiger partial charge in [0.05, 0.1) is 5.56 Å². The number of nitrogens with two attached hydrogens (primary N) is 1. The van der Waals surface area contributed by atoms with E-state index in [2.05, 4.69) is 0 Å². The number of carboxylic acid groups (broad SMARTS) is 2. The van der Waals surface area contributed by atoms with E-state index in [0.29, 0.717) is 0 Å². The number of benzene rings is 1. The second-order valence-electron chi connectivity index (χ2n) is 3.35. The summed E-state index contributed by atoms with van der Waals surface area (Å²) < 4.78 is 26.6. The lowest BCUT2D eigenvalue weighted by atomic mass is 10.0. The molecule has 0 spiro atoms. The van der Waals surface area contributed by atoms with E-state index >= 15 is 0 Å². The summed E-state index contributed by atoms with van der Waals surface area (Å²) in [6, 6.07) is 0.495. The molecule has 0 aliphatic rings. The zero-order valence-corrected chi connectivity index (χ0v) is 8.48. The molecule has 0 saturated carbocycles. The van der Waals surface area contributed by atoms with E-state index in [0.717, 1.165) is 12.1 Å². The van der Waals surface area contributed by atoms with Crippen LogP contribution in [-0.2, 0) is 11.2 Å². The van der Waals surface area contributed by atoms with Gasteiger partial charge in [0, 0.05) is 6.42 Å². The SMILES string of the molecule is NC(Cc1ccc(C(=O)O)c(F)c1F)C(=O)O. The van der Waals surface area contributed by atoms with E-state index in [1.165, 1.54) is 0 Å². The molecule has 0 aromatic heterocycles. The molecular weight excluding hydrogens is 236 g/mol. The molecule has 7 heteroatoms. The number of halogens is 2. The van der Waals surface area contributed by atoms with Crippen LogP contribution in [0.1, 0.15) is 15.9 Å². The van der Waals surface area contributed by atoms with E-state index in [-0.39, 0.29) is 5.56 Å². The predicted molar refractivity (Wildman–Crippen MR) is 52.6 cm³/mol. The van der Waals surface area contributed by atoms with Crippen LogP contribution < -0.4 is 5.73 Å². The molecular formula is C10H9F2NO4. The third-order valence-electron chi connectivity index (χ3n) is 2.15. The zero-order valence-electron chi connectivity index (χ0n) is 8.48. The number of carboxylic acids is 2. The second-order valence-corrected chi connectivity index (χ2v) is 3.35. The van der Waals surface area contributed by atoms with Crippen LogP contribution >= 0.6 is 0 Å². The standard InChI is InChI=1S/C10H9F2NO4/c11-7-4(3-6(13)10(16)17)1-2-5(8(7)12)9(14)15/h1-2,6H,3,13H2,(H,14,15)(H,16,17). The van der Waals surface area contributed by atoms with E-state index in [9.17, 15) is 18.4 Å². The maximum absolute atomic E-state index is 13.4. The summed E-state index contributed by atoms with van der Waals surface area (Å²) in [6.07, 6.45) is -0.419. The highest BCUT2D eigenvalue weighted by Crippen LogP contribution is 2.17. The summed E-state index contributed by atoms with van der Waals surface area (Å²) in [5.74, 6) is -5.86. The van der Waals surface area contributed by atoms with Crippen molar-refractivity contribution in [2.75, 3.05) is 0 Å². The van der Waals surface area contributed by atoms with Gasteiger partial charge in [0.25, 0.3) is 0 Å². The third kappa shape index (κ3) is 2.76. The van der Waals surface area contributed by atoms with Crippen molar-refractivity contribution in [1.82, 2.24) is 0 Å². The monoisotopic (exact) mass is 245 g/mol. The van der Waals surface area contributed by atoms with Crippen LogP contribution in [0.5, 0.6) is 0 Å². The van der Waals surface area contributed by atoms with Gasteiger partial charge in [0.15, 0.2) is 11.6 Å². The molecule has 0 radical (unpaired) electrons. The van der Waals surface area contributed by atoms with Crippen molar-refractivity contribution in [2.45, 2.75) is 12.5 Å². The van der Waals surface area contributed by atoms with Crippen molar-refractivity contribution >= 4 is 11.9 Å². The van der Waals surface area contributed by atoms with Crippen molar-refractivity contribution in [2.24, 2.45) is 5.73 Å². The fourth-order valence-electron chi connectivity index (χ4n) is 1.24. The van der Waals surface area contributed by atoms with Gasteiger partial charge in [0.1, 0.15) is 6.04 Å². The highest BCUT2D eigenvalue weighted by Gasteiger charge is 2.21. The normalized spacial score (nSPS) is 12.2. The van der Waals surface area contributed by atoms with Gasteiger partial charge in [-0.15, -0.1) is 0 Å². The van der Waals surface area contributed by atoms with E-state index < -0.39 is 41.6 Å². The Hall–Kier alpha value is -2.02. The Bertz CT molecular complexity index is 476. The Morgan fingerprint density at radius 2 is 1.82 bits per heavy atom. The Morgan fingerprint density at radius 1 is 1.24 bits per heavy atom. The molecule has 92 valence electrons. The van der Waals surface area contributed by atoms with Crippen LogP contribution in [0.3, 0.4) is 0 Å². The van der Waals surface area contributed by atoms with Crippen molar-refractivity contribution in [1.29, 1.82) is 0 Å².